The third-order valence-electron chi connectivity index (χ3n) is 4.16. The second-order valence-electron chi connectivity index (χ2n) is 5.75. The quantitative estimate of drug-likeness (QED) is 0.793. The molecule has 0 aliphatic carbocycles. The van der Waals surface area contributed by atoms with E-state index < -0.39 is 0 Å². The average Bonchev–Trinajstić information content (AvgIpc) is 2.60. The average molecular weight is 342 g/mol. The molecule has 0 amide bonds. The highest BCUT2D eigenvalue weighted by Crippen LogP contribution is 2.33. The van der Waals surface area contributed by atoms with Crippen LogP contribution in [0.15, 0.2) is 36.4 Å². The maximum Gasteiger partial charge on any atom is 0.161 e. The van der Waals surface area contributed by atoms with E-state index in [0.29, 0.717) is 0 Å². The van der Waals surface area contributed by atoms with Gasteiger partial charge in [0.25, 0.3) is 0 Å². The summed E-state index contributed by atoms with van der Waals surface area (Å²) in [6, 6.07) is 11.8. The van der Waals surface area contributed by atoms with Crippen LogP contribution >= 0.6 is 11.6 Å². The Labute approximate surface area is 148 Å². The zero-order valence-corrected chi connectivity index (χ0v) is 14.7. The second kappa shape index (κ2) is 7.61. The Morgan fingerprint density at radius 2 is 1.83 bits per heavy atom. The predicted molar refractivity (Wildman–Crippen MR) is 96.9 cm³/mol. The zero-order valence-electron chi connectivity index (χ0n) is 13.9. The molecular weight excluding hydrogens is 322 g/mol. The van der Waals surface area contributed by atoms with E-state index in [4.69, 9.17) is 21.1 Å². The van der Waals surface area contributed by atoms with Gasteiger partial charge in [0.2, 0.25) is 0 Å². The molecule has 0 aromatic heterocycles. The number of nitrogens with zero attached hydrogens (tertiary/aromatic N) is 1. The number of hydrogen-bond donors (Lipinski definition) is 0. The van der Waals surface area contributed by atoms with Crippen molar-refractivity contribution in [1.29, 1.82) is 0 Å². The normalized spacial score (nSPS) is 13.6. The van der Waals surface area contributed by atoms with E-state index in [9.17, 15) is 0 Å². The van der Waals surface area contributed by atoms with E-state index in [2.05, 4.69) is 28.9 Å². The van der Waals surface area contributed by atoms with Gasteiger partial charge in [0.1, 0.15) is 0 Å². The molecule has 1 aliphatic heterocycles. The van der Waals surface area contributed by atoms with Crippen molar-refractivity contribution in [2.75, 3.05) is 27.3 Å². The molecular formula is C20H20ClNO2. The SMILES string of the molecule is COc1cc2c(cc1OC)CN(CC#Cc1cccc(Cl)c1)CC2. The van der Waals surface area contributed by atoms with Gasteiger partial charge in [-0.25, -0.2) is 0 Å². The van der Waals surface area contributed by atoms with Crippen LogP contribution in [0.1, 0.15) is 16.7 Å². The first-order valence-corrected chi connectivity index (χ1v) is 8.28. The van der Waals surface area contributed by atoms with Gasteiger partial charge in [0.05, 0.1) is 20.8 Å². The monoisotopic (exact) mass is 341 g/mol. The summed E-state index contributed by atoms with van der Waals surface area (Å²) in [5.74, 6) is 8.00. The van der Waals surface area contributed by atoms with Crippen LogP contribution in [-0.2, 0) is 13.0 Å². The smallest absolute Gasteiger partial charge is 0.161 e. The molecule has 124 valence electrons. The fourth-order valence-electron chi connectivity index (χ4n) is 2.90. The number of ether oxygens (including phenoxy) is 2. The molecule has 0 unspecified atom stereocenters. The van der Waals surface area contributed by atoms with Crippen LogP contribution in [0, 0.1) is 11.8 Å². The van der Waals surface area contributed by atoms with Crippen molar-refractivity contribution in [3.63, 3.8) is 0 Å². The number of hydrogen-bond acceptors (Lipinski definition) is 3. The number of methoxy groups -OCH3 is 2. The molecule has 0 N–H and O–H groups in total. The molecule has 0 saturated heterocycles. The standard InChI is InChI=1S/C20H20ClNO2/c1-23-19-12-16-8-10-22(14-17(16)13-20(19)24-2)9-4-6-15-5-3-7-18(21)11-15/h3,5,7,11-13H,8-10,14H2,1-2H3. The van der Waals surface area contributed by atoms with Gasteiger partial charge in [0.15, 0.2) is 11.5 Å². The summed E-state index contributed by atoms with van der Waals surface area (Å²) in [4.78, 5) is 2.34. The minimum Gasteiger partial charge on any atom is -0.493 e. The van der Waals surface area contributed by atoms with Gasteiger partial charge in [-0.05, 0) is 47.9 Å². The largest absolute Gasteiger partial charge is 0.493 e. The van der Waals surface area contributed by atoms with Crippen LogP contribution in [0.2, 0.25) is 5.02 Å². The van der Waals surface area contributed by atoms with Crippen LogP contribution in [-0.4, -0.2) is 32.2 Å². The maximum atomic E-state index is 5.98. The maximum absolute atomic E-state index is 5.98. The van der Waals surface area contributed by atoms with Crippen LogP contribution in [0.3, 0.4) is 0 Å². The van der Waals surface area contributed by atoms with Crippen molar-refractivity contribution in [2.45, 2.75) is 13.0 Å². The molecule has 0 radical (unpaired) electrons. The lowest BCUT2D eigenvalue weighted by Gasteiger charge is -2.27. The summed E-state index contributed by atoms with van der Waals surface area (Å²) >= 11 is 5.98. The molecule has 1 aliphatic rings. The molecule has 24 heavy (non-hydrogen) atoms. The van der Waals surface area contributed by atoms with Crippen LogP contribution in [0.25, 0.3) is 0 Å². The van der Waals surface area contributed by atoms with Crippen molar-refractivity contribution in [1.82, 2.24) is 4.90 Å². The first kappa shape index (κ1) is 16.7. The Morgan fingerprint density at radius 3 is 2.54 bits per heavy atom. The summed E-state index contributed by atoms with van der Waals surface area (Å²) in [7, 11) is 3.34. The fourth-order valence-corrected chi connectivity index (χ4v) is 3.09. The molecule has 0 spiro atoms. The van der Waals surface area contributed by atoms with Crippen LogP contribution in [0.5, 0.6) is 11.5 Å². The summed E-state index contributed by atoms with van der Waals surface area (Å²) in [5, 5.41) is 0.717. The Bertz CT molecular complexity index is 792. The predicted octanol–water partition coefficient (Wildman–Crippen LogP) is 3.77. The van der Waals surface area contributed by atoms with Crippen molar-refractivity contribution in [3.8, 4) is 23.3 Å². The van der Waals surface area contributed by atoms with Crippen molar-refractivity contribution in [3.05, 3.63) is 58.1 Å². The van der Waals surface area contributed by atoms with Gasteiger partial charge in [-0.3, -0.25) is 4.90 Å². The van der Waals surface area contributed by atoms with Gasteiger partial charge >= 0.3 is 0 Å². The summed E-state index contributed by atoms with van der Waals surface area (Å²) in [6.07, 6.45) is 0.995. The molecule has 4 heteroatoms. The van der Waals surface area contributed by atoms with E-state index in [0.717, 1.165) is 48.1 Å². The summed E-state index contributed by atoms with van der Waals surface area (Å²) in [6.45, 7) is 2.60. The molecule has 1 heterocycles. The lowest BCUT2D eigenvalue weighted by atomic mass is 9.99. The fraction of sp³-hybridized carbons (Fsp3) is 0.300. The molecule has 0 atom stereocenters. The van der Waals surface area contributed by atoms with E-state index in [1.165, 1.54) is 11.1 Å². The Balaban J connectivity index is 1.69. The molecule has 0 fully saturated rings. The van der Waals surface area contributed by atoms with Crippen molar-refractivity contribution >= 4 is 11.6 Å². The van der Waals surface area contributed by atoms with E-state index >= 15 is 0 Å². The van der Waals surface area contributed by atoms with Crippen LogP contribution in [0.4, 0.5) is 0 Å². The van der Waals surface area contributed by atoms with Gasteiger partial charge < -0.3 is 9.47 Å². The minimum atomic E-state index is 0.717. The number of halogens is 1. The van der Waals surface area contributed by atoms with Crippen molar-refractivity contribution in [2.24, 2.45) is 0 Å². The minimum absolute atomic E-state index is 0.717. The van der Waals surface area contributed by atoms with Gasteiger partial charge in [-0.15, -0.1) is 0 Å². The molecule has 2 aromatic rings. The van der Waals surface area contributed by atoms with Gasteiger partial charge in [0, 0.05) is 23.7 Å². The molecule has 0 saturated carbocycles. The first-order valence-electron chi connectivity index (χ1n) is 7.90. The Hall–Kier alpha value is -2.15. The lowest BCUT2D eigenvalue weighted by Crippen LogP contribution is -2.30. The van der Waals surface area contributed by atoms with Gasteiger partial charge in [-0.1, -0.05) is 29.5 Å². The molecule has 0 bridgehead atoms. The van der Waals surface area contributed by atoms with E-state index in [1.54, 1.807) is 14.2 Å². The van der Waals surface area contributed by atoms with Crippen molar-refractivity contribution < 1.29 is 9.47 Å². The lowest BCUT2D eigenvalue weighted by molar-refractivity contribution is 0.283. The van der Waals surface area contributed by atoms with Gasteiger partial charge in [-0.2, -0.15) is 0 Å². The summed E-state index contributed by atoms with van der Waals surface area (Å²) < 4.78 is 10.8. The van der Waals surface area contributed by atoms with E-state index in [1.807, 2.05) is 24.3 Å². The molecule has 3 nitrogen and oxygen atoms in total. The number of fused-ring (bicyclic) bond motifs is 1. The number of benzene rings is 2. The van der Waals surface area contributed by atoms with Crippen LogP contribution < -0.4 is 9.47 Å². The van der Waals surface area contributed by atoms with E-state index in [-0.39, 0.29) is 0 Å². The topological polar surface area (TPSA) is 21.7 Å². The third-order valence-corrected chi connectivity index (χ3v) is 4.39. The molecule has 3 rings (SSSR count). The number of rotatable bonds is 3. The molecule has 2 aromatic carbocycles. The Morgan fingerprint density at radius 1 is 1.08 bits per heavy atom. The zero-order chi connectivity index (χ0) is 16.9. The summed E-state index contributed by atoms with van der Waals surface area (Å²) in [5.41, 5.74) is 3.56. The first-order chi connectivity index (χ1) is 11.7. The second-order valence-corrected chi connectivity index (χ2v) is 6.19. The highest BCUT2D eigenvalue weighted by molar-refractivity contribution is 6.30. The highest BCUT2D eigenvalue weighted by Gasteiger charge is 2.18. The third kappa shape index (κ3) is 3.84. The Kier molecular flexibility index (Phi) is 5.30. The highest BCUT2D eigenvalue weighted by atomic mass is 35.5.